The number of fused-ring (bicyclic) bond motifs is 1. The van der Waals surface area contributed by atoms with E-state index in [0.717, 1.165) is 35.3 Å². The van der Waals surface area contributed by atoms with E-state index in [0.29, 0.717) is 24.4 Å². The maximum Gasteiger partial charge on any atom is 0.257 e. The molecule has 3 aromatic rings. The zero-order chi connectivity index (χ0) is 19.5. The van der Waals surface area contributed by atoms with Crippen LogP contribution in [0.4, 0.5) is 5.69 Å². The van der Waals surface area contributed by atoms with Gasteiger partial charge in [-0.1, -0.05) is 30.3 Å². The highest BCUT2D eigenvalue weighted by molar-refractivity contribution is 6.01. The quantitative estimate of drug-likeness (QED) is 0.694. The lowest BCUT2D eigenvalue weighted by Gasteiger charge is -2.36. The van der Waals surface area contributed by atoms with Crippen molar-refractivity contribution in [3.8, 4) is 11.5 Å². The van der Waals surface area contributed by atoms with Gasteiger partial charge in [-0.05, 0) is 35.0 Å². The van der Waals surface area contributed by atoms with Crippen molar-refractivity contribution in [2.75, 3.05) is 45.3 Å². The fraction of sp³-hybridized carbons (Fsp3) is 0.261. The highest BCUT2D eigenvalue weighted by Crippen LogP contribution is 2.28. The number of nitrogens with zero attached hydrogens (tertiary/aromatic N) is 2. The van der Waals surface area contributed by atoms with Crippen LogP contribution in [0.5, 0.6) is 11.5 Å². The minimum atomic E-state index is 0.0212. The number of rotatable bonds is 4. The van der Waals surface area contributed by atoms with Crippen molar-refractivity contribution in [2.24, 2.45) is 0 Å². The summed E-state index contributed by atoms with van der Waals surface area (Å²) >= 11 is 0. The molecular formula is C23H24N2O3. The van der Waals surface area contributed by atoms with Crippen molar-refractivity contribution in [3.63, 3.8) is 0 Å². The van der Waals surface area contributed by atoms with Crippen LogP contribution in [0.3, 0.4) is 0 Å². The summed E-state index contributed by atoms with van der Waals surface area (Å²) in [6, 6.07) is 19.9. The summed E-state index contributed by atoms with van der Waals surface area (Å²) < 4.78 is 10.8. The van der Waals surface area contributed by atoms with Crippen LogP contribution in [-0.2, 0) is 0 Å². The number of amides is 1. The minimum Gasteiger partial charge on any atom is -0.497 e. The van der Waals surface area contributed by atoms with Gasteiger partial charge in [-0.3, -0.25) is 4.79 Å². The molecule has 1 aliphatic heterocycles. The predicted octanol–water partition coefficient (Wildman–Crippen LogP) is 3.82. The Hall–Kier alpha value is -3.21. The molecule has 0 atom stereocenters. The van der Waals surface area contributed by atoms with Gasteiger partial charge in [-0.2, -0.15) is 0 Å². The highest BCUT2D eigenvalue weighted by atomic mass is 16.5. The monoisotopic (exact) mass is 376 g/mol. The molecule has 0 spiro atoms. The van der Waals surface area contributed by atoms with E-state index in [1.807, 2.05) is 59.5 Å². The Balaban J connectivity index is 1.51. The molecule has 1 amide bonds. The fourth-order valence-electron chi connectivity index (χ4n) is 3.70. The molecule has 1 fully saturated rings. The summed E-state index contributed by atoms with van der Waals surface area (Å²) in [5, 5.41) is 2.11. The molecule has 4 rings (SSSR count). The highest BCUT2D eigenvalue weighted by Gasteiger charge is 2.25. The fourth-order valence-corrected chi connectivity index (χ4v) is 3.70. The first-order valence-corrected chi connectivity index (χ1v) is 9.44. The molecule has 0 saturated carbocycles. The molecule has 0 aromatic heterocycles. The molecular weight excluding hydrogens is 352 g/mol. The number of carbonyl (C=O) groups is 1. The van der Waals surface area contributed by atoms with Gasteiger partial charge in [0.15, 0.2) is 0 Å². The third kappa shape index (κ3) is 3.48. The molecule has 1 saturated heterocycles. The van der Waals surface area contributed by atoms with Crippen LogP contribution >= 0.6 is 0 Å². The van der Waals surface area contributed by atoms with Crippen LogP contribution in [0.15, 0.2) is 60.7 Å². The van der Waals surface area contributed by atoms with Crippen LogP contribution in [0.1, 0.15) is 10.4 Å². The largest absolute Gasteiger partial charge is 0.497 e. The Morgan fingerprint density at radius 1 is 0.821 bits per heavy atom. The molecule has 0 N–H and O–H groups in total. The van der Waals surface area contributed by atoms with Gasteiger partial charge in [-0.25, -0.2) is 0 Å². The van der Waals surface area contributed by atoms with Crippen LogP contribution in [0.2, 0.25) is 0 Å². The van der Waals surface area contributed by atoms with Gasteiger partial charge in [0.1, 0.15) is 11.5 Å². The van der Waals surface area contributed by atoms with Crippen LogP contribution < -0.4 is 14.4 Å². The molecule has 1 aliphatic rings. The Bertz CT molecular complexity index is 994. The average Bonchev–Trinajstić information content (AvgIpc) is 2.77. The second kappa shape index (κ2) is 7.80. The zero-order valence-corrected chi connectivity index (χ0v) is 16.2. The van der Waals surface area contributed by atoms with Crippen molar-refractivity contribution >= 4 is 22.4 Å². The van der Waals surface area contributed by atoms with Gasteiger partial charge < -0.3 is 19.3 Å². The molecule has 3 aromatic carbocycles. The number of benzene rings is 3. The van der Waals surface area contributed by atoms with Crippen molar-refractivity contribution < 1.29 is 14.3 Å². The number of carbonyl (C=O) groups excluding carboxylic acids is 1. The van der Waals surface area contributed by atoms with Crippen molar-refractivity contribution in [1.82, 2.24) is 4.90 Å². The number of piperazine rings is 1. The van der Waals surface area contributed by atoms with Gasteiger partial charge in [0.25, 0.3) is 5.91 Å². The second-order valence-corrected chi connectivity index (χ2v) is 6.88. The maximum atomic E-state index is 13.2. The second-order valence-electron chi connectivity index (χ2n) is 6.88. The van der Waals surface area contributed by atoms with E-state index >= 15 is 0 Å². The molecule has 28 heavy (non-hydrogen) atoms. The third-order valence-corrected chi connectivity index (χ3v) is 5.28. The zero-order valence-electron chi connectivity index (χ0n) is 16.2. The smallest absolute Gasteiger partial charge is 0.257 e. The third-order valence-electron chi connectivity index (χ3n) is 5.28. The summed E-state index contributed by atoms with van der Waals surface area (Å²) in [6.07, 6.45) is 0. The molecule has 0 unspecified atom stereocenters. The summed E-state index contributed by atoms with van der Waals surface area (Å²) in [6.45, 7) is 2.92. The van der Waals surface area contributed by atoms with E-state index in [9.17, 15) is 4.79 Å². The first-order chi connectivity index (χ1) is 13.7. The Morgan fingerprint density at radius 3 is 2.21 bits per heavy atom. The van der Waals surface area contributed by atoms with E-state index in [2.05, 4.69) is 11.0 Å². The molecule has 0 aliphatic carbocycles. The number of ether oxygens (including phenoxy) is 2. The number of anilines is 1. The summed E-state index contributed by atoms with van der Waals surface area (Å²) in [4.78, 5) is 17.4. The number of hydrogen-bond acceptors (Lipinski definition) is 4. The van der Waals surface area contributed by atoms with Gasteiger partial charge in [0.05, 0.1) is 19.8 Å². The van der Waals surface area contributed by atoms with Gasteiger partial charge >= 0.3 is 0 Å². The lowest BCUT2D eigenvalue weighted by molar-refractivity contribution is 0.0743. The van der Waals surface area contributed by atoms with Crippen molar-refractivity contribution in [3.05, 3.63) is 66.2 Å². The Labute approximate surface area is 165 Å². The van der Waals surface area contributed by atoms with Crippen LogP contribution in [0.25, 0.3) is 10.8 Å². The first-order valence-electron chi connectivity index (χ1n) is 9.44. The van der Waals surface area contributed by atoms with Gasteiger partial charge in [-0.15, -0.1) is 0 Å². The van der Waals surface area contributed by atoms with Crippen LogP contribution in [0, 0.1) is 0 Å². The molecule has 0 bridgehead atoms. The van der Waals surface area contributed by atoms with Gasteiger partial charge in [0.2, 0.25) is 0 Å². The van der Waals surface area contributed by atoms with E-state index in [1.54, 1.807) is 14.2 Å². The lowest BCUT2D eigenvalue weighted by Crippen LogP contribution is -2.48. The van der Waals surface area contributed by atoms with Crippen LogP contribution in [-0.4, -0.2) is 51.2 Å². The minimum absolute atomic E-state index is 0.0212. The first kappa shape index (κ1) is 18.2. The lowest BCUT2D eigenvalue weighted by atomic mass is 10.0. The SMILES string of the molecule is COc1cccc(N2CCN(C(=O)c3cc4ccccc4cc3OC)CC2)c1. The summed E-state index contributed by atoms with van der Waals surface area (Å²) in [7, 11) is 3.29. The van der Waals surface area contributed by atoms with E-state index < -0.39 is 0 Å². The molecule has 144 valence electrons. The molecule has 5 heteroatoms. The van der Waals surface area contributed by atoms with E-state index in [4.69, 9.17) is 9.47 Å². The normalized spacial score (nSPS) is 14.2. The number of hydrogen-bond donors (Lipinski definition) is 0. The van der Waals surface area contributed by atoms with Crippen molar-refractivity contribution in [2.45, 2.75) is 0 Å². The van der Waals surface area contributed by atoms with Crippen molar-refractivity contribution in [1.29, 1.82) is 0 Å². The summed E-state index contributed by atoms with van der Waals surface area (Å²) in [5.41, 5.74) is 1.74. The van der Waals surface area contributed by atoms with Gasteiger partial charge in [0, 0.05) is 37.9 Å². The Morgan fingerprint density at radius 2 is 1.54 bits per heavy atom. The Kier molecular flexibility index (Phi) is 5.06. The predicted molar refractivity (Wildman–Crippen MR) is 112 cm³/mol. The maximum absolute atomic E-state index is 13.2. The number of methoxy groups -OCH3 is 2. The molecule has 1 heterocycles. The van der Waals surface area contributed by atoms with E-state index in [-0.39, 0.29) is 5.91 Å². The van der Waals surface area contributed by atoms with E-state index in [1.165, 1.54) is 0 Å². The topological polar surface area (TPSA) is 42.0 Å². The standard InChI is InChI=1S/C23H24N2O3/c1-27-20-9-5-8-19(16-20)24-10-12-25(13-11-24)23(26)21-14-17-6-3-4-7-18(17)15-22(21)28-2/h3-9,14-16H,10-13H2,1-2H3. The molecule has 0 radical (unpaired) electrons. The average molecular weight is 376 g/mol. The summed E-state index contributed by atoms with van der Waals surface area (Å²) in [5.74, 6) is 1.49. The molecule has 5 nitrogen and oxygen atoms in total.